The Morgan fingerprint density at radius 2 is 1.91 bits per heavy atom. The summed E-state index contributed by atoms with van der Waals surface area (Å²) in [7, 11) is -2.32. The van der Waals surface area contributed by atoms with Gasteiger partial charge in [-0.2, -0.15) is 5.26 Å². The molecule has 0 saturated carbocycles. The van der Waals surface area contributed by atoms with Gasteiger partial charge in [0.2, 0.25) is 5.91 Å². The van der Waals surface area contributed by atoms with E-state index in [1.54, 1.807) is 13.2 Å². The Labute approximate surface area is 200 Å². The normalized spacial score (nSPS) is 15.5. The SMILES string of the molecule is CN1C(=O)CCc2cc(-c3cncc4c3SCCN4S(=O)(=O)c3ccc(C#N)cc3)cc(F)c21. The predicted octanol–water partition coefficient (Wildman–Crippen LogP) is 3.97. The molecule has 3 aromatic rings. The molecule has 0 fully saturated rings. The number of benzene rings is 2. The highest BCUT2D eigenvalue weighted by molar-refractivity contribution is 8.00. The lowest BCUT2D eigenvalue weighted by molar-refractivity contribution is -0.118. The average molecular weight is 495 g/mol. The number of nitriles is 1. The van der Waals surface area contributed by atoms with Crippen molar-refractivity contribution in [1.82, 2.24) is 4.98 Å². The molecule has 0 bridgehead atoms. The number of pyridine rings is 1. The molecule has 2 aliphatic heterocycles. The molecule has 34 heavy (non-hydrogen) atoms. The fourth-order valence-electron chi connectivity index (χ4n) is 4.31. The van der Waals surface area contributed by atoms with Crippen molar-refractivity contribution in [2.45, 2.75) is 22.6 Å². The van der Waals surface area contributed by atoms with Crippen molar-refractivity contribution in [2.24, 2.45) is 0 Å². The van der Waals surface area contributed by atoms with Crippen molar-refractivity contribution in [2.75, 3.05) is 28.6 Å². The van der Waals surface area contributed by atoms with Gasteiger partial charge in [-0.1, -0.05) is 0 Å². The maximum absolute atomic E-state index is 15.1. The summed E-state index contributed by atoms with van der Waals surface area (Å²) in [5, 5.41) is 9.00. The Balaban J connectivity index is 1.59. The lowest BCUT2D eigenvalue weighted by Gasteiger charge is -2.31. The van der Waals surface area contributed by atoms with Crippen LogP contribution in [-0.4, -0.2) is 38.7 Å². The number of hydrogen-bond donors (Lipinski definition) is 0. The summed E-state index contributed by atoms with van der Waals surface area (Å²) in [6.07, 6.45) is 3.87. The summed E-state index contributed by atoms with van der Waals surface area (Å²) < 4.78 is 43.2. The number of hydrogen-bond acceptors (Lipinski definition) is 6. The molecule has 2 aliphatic rings. The van der Waals surface area contributed by atoms with E-state index in [0.717, 1.165) is 5.56 Å². The van der Waals surface area contributed by atoms with E-state index in [2.05, 4.69) is 4.98 Å². The quantitative estimate of drug-likeness (QED) is 0.547. The minimum absolute atomic E-state index is 0.0854. The summed E-state index contributed by atoms with van der Waals surface area (Å²) in [6.45, 7) is 0.261. The van der Waals surface area contributed by atoms with Gasteiger partial charge in [0.05, 0.1) is 34.1 Å². The fourth-order valence-corrected chi connectivity index (χ4v) is 7.07. The highest BCUT2D eigenvalue weighted by atomic mass is 32.2. The zero-order valence-corrected chi connectivity index (χ0v) is 19.8. The molecular weight excluding hydrogens is 475 g/mol. The van der Waals surface area contributed by atoms with Crippen molar-refractivity contribution in [1.29, 1.82) is 5.26 Å². The molecule has 2 aromatic carbocycles. The molecule has 5 rings (SSSR count). The summed E-state index contributed by atoms with van der Waals surface area (Å²) in [6, 6.07) is 11.0. The third-order valence-corrected chi connectivity index (χ3v) is 8.96. The molecule has 1 aromatic heterocycles. The van der Waals surface area contributed by atoms with E-state index in [1.165, 1.54) is 57.5 Å². The molecule has 0 spiro atoms. The van der Waals surface area contributed by atoms with Crippen LogP contribution in [0.3, 0.4) is 0 Å². The number of thioether (sulfide) groups is 1. The lowest BCUT2D eigenvalue weighted by Crippen LogP contribution is -2.35. The minimum Gasteiger partial charge on any atom is -0.313 e. The van der Waals surface area contributed by atoms with E-state index >= 15 is 4.39 Å². The smallest absolute Gasteiger partial charge is 0.264 e. The number of anilines is 2. The number of fused-ring (bicyclic) bond motifs is 2. The zero-order valence-electron chi connectivity index (χ0n) is 18.2. The van der Waals surface area contributed by atoms with Crippen molar-refractivity contribution in [3.63, 3.8) is 0 Å². The molecule has 1 amide bonds. The van der Waals surface area contributed by atoms with Crippen LogP contribution in [0.2, 0.25) is 0 Å². The van der Waals surface area contributed by atoms with Crippen LogP contribution in [-0.2, 0) is 21.2 Å². The molecule has 0 unspecified atom stereocenters. The van der Waals surface area contributed by atoms with Crippen molar-refractivity contribution >= 4 is 39.1 Å². The van der Waals surface area contributed by atoms with Crippen LogP contribution in [0, 0.1) is 17.1 Å². The van der Waals surface area contributed by atoms with E-state index in [1.807, 2.05) is 12.1 Å². The number of aromatic nitrogens is 1. The third-order valence-electron chi connectivity index (χ3n) is 6.03. The van der Waals surface area contributed by atoms with Gasteiger partial charge in [-0.25, -0.2) is 12.8 Å². The third kappa shape index (κ3) is 3.61. The predicted molar refractivity (Wildman–Crippen MR) is 128 cm³/mol. The maximum Gasteiger partial charge on any atom is 0.264 e. The Bertz CT molecular complexity index is 1470. The molecule has 0 radical (unpaired) electrons. The second-order valence-electron chi connectivity index (χ2n) is 8.02. The first kappa shape index (κ1) is 22.4. The minimum atomic E-state index is -3.88. The molecule has 172 valence electrons. The van der Waals surface area contributed by atoms with Crippen molar-refractivity contribution in [3.8, 4) is 17.2 Å². The molecule has 7 nitrogen and oxygen atoms in total. The summed E-state index contributed by atoms with van der Waals surface area (Å²) in [4.78, 5) is 18.4. The second-order valence-corrected chi connectivity index (χ2v) is 11.0. The Morgan fingerprint density at radius 1 is 1.15 bits per heavy atom. The summed E-state index contributed by atoms with van der Waals surface area (Å²) in [5.74, 6) is -0.106. The number of halogens is 1. The summed E-state index contributed by atoms with van der Waals surface area (Å²) in [5.41, 5.74) is 3.06. The van der Waals surface area contributed by atoms with E-state index in [0.29, 0.717) is 45.9 Å². The van der Waals surface area contributed by atoms with Crippen LogP contribution < -0.4 is 9.21 Å². The van der Waals surface area contributed by atoms with Crippen LogP contribution in [0.1, 0.15) is 17.5 Å². The number of rotatable bonds is 3. The van der Waals surface area contributed by atoms with Crippen molar-refractivity contribution < 1.29 is 17.6 Å². The van der Waals surface area contributed by atoms with Gasteiger partial charge in [-0.3, -0.25) is 14.1 Å². The topological polar surface area (TPSA) is 94.4 Å². The largest absolute Gasteiger partial charge is 0.313 e. The lowest BCUT2D eigenvalue weighted by atomic mass is 9.96. The van der Waals surface area contributed by atoms with E-state index < -0.39 is 15.8 Å². The van der Waals surface area contributed by atoms with Crippen LogP contribution in [0.15, 0.2) is 58.6 Å². The maximum atomic E-state index is 15.1. The van der Waals surface area contributed by atoms with E-state index in [9.17, 15) is 13.2 Å². The number of carbonyl (C=O) groups is 1. The van der Waals surface area contributed by atoms with Gasteiger partial charge in [0.25, 0.3) is 10.0 Å². The van der Waals surface area contributed by atoms with Gasteiger partial charge >= 0.3 is 0 Å². The summed E-state index contributed by atoms with van der Waals surface area (Å²) >= 11 is 1.50. The Morgan fingerprint density at radius 3 is 2.65 bits per heavy atom. The first-order valence-corrected chi connectivity index (χ1v) is 13.0. The standard InChI is InChI=1S/C24H19FN4O3S2/c1-28-22(30)7-4-16-10-17(11-20(25)23(16)28)19-13-27-14-21-24(19)33-9-8-29(21)34(31,32)18-5-2-15(12-26)3-6-18/h2-3,5-6,10-11,13-14H,4,7-9H2,1H3. The fraction of sp³-hybridized carbons (Fsp3) is 0.208. The van der Waals surface area contributed by atoms with Gasteiger partial charge in [-0.15, -0.1) is 11.8 Å². The highest BCUT2D eigenvalue weighted by Gasteiger charge is 2.32. The monoisotopic (exact) mass is 494 g/mol. The van der Waals surface area contributed by atoms with Crippen LogP contribution >= 0.6 is 11.8 Å². The highest BCUT2D eigenvalue weighted by Crippen LogP contribution is 2.44. The zero-order chi connectivity index (χ0) is 24.0. The van der Waals surface area contributed by atoms with Gasteiger partial charge in [0, 0.05) is 42.4 Å². The number of carbonyl (C=O) groups excluding carboxylic acids is 1. The molecule has 0 N–H and O–H groups in total. The number of amides is 1. The van der Waals surface area contributed by atoms with Gasteiger partial charge in [-0.05, 0) is 53.9 Å². The number of aryl methyl sites for hydroxylation is 1. The number of nitrogens with zero attached hydrogens (tertiary/aromatic N) is 4. The molecular formula is C24H19FN4O3S2. The average Bonchev–Trinajstić information content (AvgIpc) is 2.85. The Hall–Kier alpha value is -3.42. The van der Waals surface area contributed by atoms with Gasteiger partial charge in [0.1, 0.15) is 5.82 Å². The molecule has 0 atom stereocenters. The first-order valence-electron chi connectivity index (χ1n) is 10.5. The second kappa shape index (κ2) is 8.42. The molecule has 10 heteroatoms. The van der Waals surface area contributed by atoms with E-state index in [-0.39, 0.29) is 23.0 Å². The van der Waals surface area contributed by atoms with Crippen LogP contribution in [0.4, 0.5) is 15.8 Å². The van der Waals surface area contributed by atoms with E-state index in [4.69, 9.17) is 5.26 Å². The molecule has 3 heterocycles. The van der Waals surface area contributed by atoms with Crippen molar-refractivity contribution in [3.05, 3.63) is 65.7 Å². The number of sulfonamides is 1. The first-order chi connectivity index (χ1) is 16.3. The molecule has 0 saturated heterocycles. The molecule has 0 aliphatic carbocycles. The Kier molecular flexibility index (Phi) is 5.54. The van der Waals surface area contributed by atoms with Gasteiger partial charge < -0.3 is 4.90 Å². The van der Waals surface area contributed by atoms with Gasteiger partial charge in [0.15, 0.2) is 0 Å². The van der Waals surface area contributed by atoms with Crippen LogP contribution in [0.5, 0.6) is 0 Å². The van der Waals surface area contributed by atoms with Crippen LogP contribution in [0.25, 0.3) is 11.1 Å².